The van der Waals surface area contributed by atoms with E-state index in [1.807, 2.05) is 25.7 Å². The Hall–Kier alpha value is -0.850. The van der Waals surface area contributed by atoms with Crippen LogP contribution < -0.4 is 5.32 Å². The van der Waals surface area contributed by atoms with Crippen molar-refractivity contribution in [3.05, 3.63) is 0 Å². The summed E-state index contributed by atoms with van der Waals surface area (Å²) < 4.78 is 10.9. The average molecular weight is 327 g/mol. The normalized spacial score (nSPS) is 24.7. The molecule has 0 radical (unpaired) electrons. The van der Waals surface area contributed by atoms with Gasteiger partial charge in [0, 0.05) is 44.8 Å². The van der Waals surface area contributed by atoms with Crippen LogP contribution in [0, 0.1) is 0 Å². The van der Waals surface area contributed by atoms with E-state index in [1.54, 1.807) is 0 Å². The smallest absolute Gasteiger partial charge is 0.410 e. The Labute approximate surface area is 140 Å². The standard InChI is InChI=1S/C17H33N3O3/c1-14(13-19-8-10-22-11-9-19)18-12-15-6-5-7-20(15)16(21)23-17(2,3)4/h14-15,18H,5-13H2,1-4H3. The number of hydrogen-bond donors (Lipinski definition) is 1. The molecule has 2 atom stereocenters. The summed E-state index contributed by atoms with van der Waals surface area (Å²) in [6.07, 6.45) is 1.93. The number of hydrogen-bond acceptors (Lipinski definition) is 5. The number of carbonyl (C=O) groups is 1. The van der Waals surface area contributed by atoms with Gasteiger partial charge < -0.3 is 19.7 Å². The van der Waals surface area contributed by atoms with Crippen molar-refractivity contribution in [1.29, 1.82) is 0 Å². The summed E-state index contributed by atoms with van der Waals surface area (Å²) in [4.78, 5) is 16.6. The molecule has 0 aromatic rings. The largest absolute Gasteiger partial charge is 0.444 e. The van der Waals surface area contributed by atoms with Crippen LogP contribution >= 0.6 is 0 Å². The van der Waals surface area contributed by atoms with E-state index in [0.717, 1.165) is 58.8 Å². The molecule has 2 aliphatic rings. The Kier molecular flexibility index (Phi) is 6.68. The molecule has 134 valence electrons. The minimum Gasteiger partial charge on any atom is -0.444 e. The SMILES string of the molecule is CC(CN1CCOCC1)NCC1CCCN1C(=O)OC(C)(C)C. The number of likely N-dealkylation sites (tertiary alicyclic amines) is 1. The van der Waals surface area contributed by atoms with Crippen molar-refractivity contribution >= 4 is 6.09 Å². The molecule has 2 saturated heterocycles. The first-order chi connectivity index (χ1) is 10.8. The van der Waals surface area contributed by atoms with Crippen molar-refractivity contribution in [3.63, 3.8) is 0 Å². The highest BCUT2D eigenvalue weighted by atomic mass is 16.6. The Morgan fingerprint density at radius 2 is 2.00 bits per heavy atom. The van der Waals surface area contributed by atoms with Crippen LogP contribution in [-0.4, -0.2) is 79.5 Å². The van der Waals surface area contributed by atoms with Gasteiger partial charge in [0.15, 0.2) is 0 Å². The lowest BCUT2D eigenvalue weighted by Gasteiger charge is -2.31. The van der Waals surface area contributed by atoms with E-state index in [9.17, 15) is 4.79 Å². The molecule has 6 nitrogen and oxygen atoms in total. The van der Waals surface area contributed by atoms with Gasteiger partial charge in [0.1, 0.15) is 5.60 Å². The Balaban J connectivity index is 1.73. The summed E-state index contributed by atoms with van der Waals surface area (Å²) in [5.41, 5.74) is -0.429. The van der Waals surface area contributed by atoms with E-state index in [1.165, 1.54) is 0 Å². The predicted octanol–water partition coefficient (Wildman–Crippen LogP) is 1.70. The van der Waals surface area contributed by atoms with E-state index in [-0.39, 0.29) is 12.1 Å². The van der Waals surface area contributed by atoms with Crippen LogP contribution in [0.25, 0.3) is 0 Å². The van der Waals surface area contributed by atoms with Crippen LogP contribution in [0.4, 0.5) is 4.79 Å². The van der Waals surface area contributed by atoms with Gasteiger partial charge in [0.25, 0.3) is 0 Å². The molecule has 2 heterocycles. The van der Waals surface area contributed by atoms with Crippen LogP contribution in [0.3, 0.4) is 0 Å². The maximum Gasteiger partial charge on any atom is 0.410 e. The molecule has 1 N–H and O–H groups in total. The van der Waals surface area contributed by atoms with Gasteiger partial charge in [0.05, 0.1) is 13.2 Å². The summed E-state index contributed by atoms with van der Waals surface area (Å²) in [6, 6.07) is 0.658. The molecule has 6 heteroatoms. The van der Waals surface area contributed by atoms with Gasteiger partial charge in [-0.25, -0.2) is 4.79 Å². The lowest BCUT2D eigenvalue weighted by Crippen LogP contribution is -2.49. The van der Waals surface area contributed by atoms with Crippen molar-refractivity contribution in [1.82, 2.24) is 15.1 Å². The summed E-state index contributed by atoms with van der Waals surface area (Å²) in [5, 5.41) is 3.59. The minimum atomic E-state index is -0.429. The van der Waals surface area contributed by atoms with Crippen molar-refractivity contribution in [2.45, 2.75) is 58.2 Å². The highest BCUT2D eigenvalue weighted by molar-refractivity contribution is 5.69. The monoisotopic (exact) mass is 327 g/mol. The van der Waals surface area contributed by atoms with Gasteiger partial charge in [0.2, 0.25) is 0 Å². The van der Waals surface area contributed by atoms with Crippen LogP contribution in [0.5, 0.6) is 0 Å². The zero-order valence-electron chi connectivity index (χ0n) is 15.1. The highest BCUT2D eigenvalue weighted by Crippen LogP contribution is 2.20. The van der Waals surface area contributed by atoms with E-state index in [4.69, 9.17) is 9.47 Å². The van der Waals surface area contributed by atoms with Gasteiger partial charge in [-0.15, -0.1) is 0 Å². The Bertz CT molecular complexity index is 378. The van der Waals surface area contributed by atoms with Crippen molar-refractivity contribution in [2.75, 3.05) is 45.9 Å². The second-order valence-electron chi connectivity index (χ2n) is 7.69. The first-order valence-electron chi connectivity index (χ1n) is 8.88. The lowest BCUT2D eigenvalue weighted by atomic mass is 10.2. The molecule has 2 unspecified atom stereocenters. The van der Waals surface area contributed by atoms with Gasteiger partial charge in [-0.3, -0.25) is 4.90 Å². The van der Waals surface area contributed by atoms with Gasteiger partial charge in [-0.1, -0.05) is 0 Å². The molecule has 2 rings (SSSR count). The number of nitrogens with one attached hydrogen (secondary N) is 1. The molecular formula is C17H33N3O3. The molecule has 0 bridgehead atoms. The average Bonchev–Trinajstić information content (AvgIpc) is 2.93. The first-order valence-corrected chi connectivity index (χ1v) is 8.88. The molecule has 1 amide bonds. The quantitative estimate of drug-likeness (QED) is 0.833. The minimum absolute atomic E-state index is 0.178. The van der Waals surface area contributed by atoms with Gasteiger partial charge >= 0.3 is 6.09 Å². The maximum atomic E-state index is 12.3. The molecule has 0 saturated carbocycles. The Morgan fingerprint density at radius 3 is 2.65 bits per heavy atom. The summed E-state index contributed by atoms with van der Waals surface area (Å²) in [5.74, 6) is 0. The summed E-state index contributed by atoms with van der Waals surface area (Å²) in [6.45, 7) is 14.3. The fourth-order valence-electron chi connectivity index (χ4n) is 3.18. The molecule has 0 aromatic heterocycles. The van der Waals surface area contributed by atoms with Crippen molar-refractivity contribution in [2.24, 2.45) is 0 Å². The van der Waals surface area contributed by atoms with Crippen LogP contribution in [0.1, 0.15) is 40.5 Å². The van der Waals surface area contributed by atoms with E-state index in [0.29, 0.717) is 6.04 Å². The number of rotatable bonds is 5. The van der Waals surface area contributed by atoms with Gasteiger partial charge in [-0.05, 0) is 40.5 Å². The molecule has 2 aliphatic heterocycles. The van der Waals surface area contributed by atoms with Crippen molar-refractivity contribution < 1.29 is 14.3 Å². The molecular weight excluding hydrogens is 294 g/mol. The van der Waals surface area contributed by atoms with Gasteiger partial charge in [-0.2, -0.15) is 0 Å². The number of ether oxygens (including phenoxy) is 2. The number of nitrogens with zero attached hydrogens (tertiary/aromatic N) is 2. The third-order valence-corrected chi connectivity index (χ3v) is 4.34. The van der Waals surface area contributed by atoms with Crippen molar-refractivity contribution in [3.8, 4) is 0 Å². The topological polar surface area (TPSA) is 54.0 Å². The lowest BCUT2D eigenvalue weighted by molar-refractivity contribution is 0.0216. The fourth-order valence-corrected chi connectivity index (χ4v) is 3.18. The Morgan fingerprint density at radius 1 is 1.30 bits per heavy atom. The molecule has 0 aliphatic carbocycles. The molecule has 2 fully saturated rings. The number of morpholine rings is 1. The summed E-state index contributed by atoms with van der Waals surface area (Å²) >= 11 is 0. The zero-order valence-corrected chi connectivity index (χ0v) is 15.1. The third-order valence-electron chi connectivity index (χ3n) is 4.34. The summed E-state index contributed by atoms with van der Waals surface area (Å²) in [7, 11) is 0. The van der Waals surface area contributed by atoms with Crippen LogP contribution in [0.2, 0.25) is 0 Å². The van der Waals surface area contributed by atoms with Crippen LogP contribution in [0.15, 0.2) is 0 Å². The number of carbonyl (C=O) groups excluding carboxylic acids is 1. The van der Waals surface area contributed by atoms with E-state index in [2.05, 4.69) is 17.1 Å². The predicted molar refractivity (Wildman–Crippen MR) is 90.7 cm³/mol. The second kappa shape index (κ2) is 8.31. The second-order valence-corrected chi connectivity index (χ2v) is 7.69. The van der Waals surface area contributed by atoms with E-state index < -0.39 is 5.60 Å². The third kappa shape index (κ3) is 6.28. The molecule has 0 spiro atoms. The van der Waals surface area contributed by atoms with E-state index >= 15 is 0 Å². The molecule has 0 aromatic carbocycles. The fraction of sp³-hybridized carbons (Fsp3) is 0.941. The highest BCUT2D eigenvalue weighted by Gasteiger charge is 2.32. The van der Waals surface area contributed by atoms with Crippen LogP contribution in [-0.2, 0) is 9.47 Å². The first kappa shape index (κ1) is 18.5. The molecule has 23 heavy (non-hydrogen) atoms. The number of amides is 1. The zero-order chi connectivity index (χ0) is 16.9. The maximum absolute atomic E-state index is 12.3.